The number of fused-ring (bicyclic) bond motifs is 1. The summed E-state index contributed by atoms with van der Waals surface area (Å²) in [5.41, 5.74) is 1.51. The van der Waals surface area contributed by atoms with E-state index in [4.69, 9.17) is 18.4 Å². The number of rotatable bonds is 8. The van der Waals surface area contributed by atoms with Crippen LogP contribution < -0.4 is 20.2 Å². The quantitative estimate of drug-likeness (QED) is 0.438. The van der Waals surface area contributed by atoms with Gasteiger partial charge in [-0.1, -0.05) is 0 Å². The van der Waals surface area contributed by atoms with Crippen molar-refractivity contribution in [2.45, 2.75) is 19.8 Å². The van der Waals surface area contributed by atoms with Crippen LogP contribution in [0.3, 0.4) is 0 Å². The topological polar surface area (TPSA) is 104 Å². The van der Waals surface area contributed by atoms with Crippen LogP contribution in [-0.2, 0) is 11.2 Å². The Labute approximate surface area is 183 Å². The molecule has 0 bridgehead atoms. The molecule has 0 spiro atoms. The SMILES string of the molecule is CCOc1ccc(-c2cc(=O)c3ccc(NC(=O)CCc4cc(OC)no4)cc3o2)cc1. The zero-order chi connectivity index (χ0) is 22.5. The summed E-state index contributed by atoms with van der Waals surface area (Å²) < 4.78 is 21.5. The maximum atomic E-state index is 12.6. The molecule has 32 heavy (non-hydrogen) atoms. The van der Waals surface area contributed by atoms with Gasteiger partial charge in [0.05, 0.1) is 19.1 Å². The minimum atomic E-state index is -0.204. The third-order valence-electron chi connectivity index (χ3n) is 4.81. The first kappa shape index (κ1) is 21.2. The van der Waals surface area contributed by atoms with Gasteiger partial charge in [0.15, 0.2) is 5.43 Å². The van der Waals surface area contributed by atoms with Crippen molar-refractivity contribution in [3.63, 3.8) is 0 Å². The summed E-state index contributed by atoms with van der Waals surface area (Å²) in [6, 6.07) is 15.4. The van der Waals surface area contributed by atoms with Crippen molar-refractivity contribution in [3.05, 3.63) is 70.6 Å². The molecule has 4 aromatic rings. The third-order valence-corrected chi connectivity index (χ3v) is 4.81. The number of aromatic nitrogens is 1. The van der Waals surface area contributed by atoms with Gasteiger partial charge < -0.3 is 23.7 Å². The summed E-state index contributed by atoms with van der Waals surface area (Å²) >= 11 is 0. The molecular formula is C24H22N2O6. The summed E-state index contributed by atoms with van der Waals surface area (Å²) in [5.74, 6) is 1.90. The molecule has 0 saturated heterocycles. The molecule has 2 heterocycles. The maximum absolute atomic E-state index is 12.6. The fraction of sp³-hybridized carbons (Fsp3) is 0.208. The summed E-state index contributed by atoms with van der Waals surface area (Å²) in [6.07, 6.45) is 0.583. The van der Waals surface area contributed by atoms with Gasteiger partial charge >= 0.3 is 0 Å². The molecule has 1 amide bonds. The number of nitrogens with zero attached hydrogens (tertiary/aromatic N) is 1. The second kappa shape index (κ2) is 9.38. The van der Waals surface area contributed by atoms with Crippen LogP contribution in [0.5, 0.6) is 11.6 Å². The standard InChI is InChI=1S/C24H22N2O6/c1-3-30-17-7-4-15(5-8-17)21-14-20(27)19-10-6-16(12-22(19)31-21)25-23(28)11-9-18-13-24(29-2)26-32-18/h4-8,10,12-14H,3,9,11H2,1-2H3,(H,25,28). The molecule has 8 nitrogen and oxygen atoms in total. The number of ether oxygens (including phenoxy) is 2. The molecule has 2 aromatic carbocycles. The van der Waals surface area contributed by atoms with Crippen molar-refractivity contribution in [2.24, 2.45) is 0 Å². The largest absolute Gasteiger partial charge is 0.494 e. The number of nitrogens with one attached hydrogen (secondary N) is 1. The summed E-state index contributed by atoms with van der Waals surface area (Å²) in [5, 5.41) is 6.96. The first-order valence-electron chi connectivity index (χ1n) is 10.2. The predicted octanol–water partition coefficient (Wildman–Crippen LogP) is 4.43. The van der Waals surface area contributed by atoms with Gasteiger partial charge in [-0.3, -0.25) is 9.59 Å². The van der Waals surface area contributed by atoms with Gasteiger partial charge in [-0.05, 0) is 48.5 Å². The minimum Gasteiger partial charge on any atom is -0.494 e. The Morgan fingerprint density at radius 2 is 1.91 bits per heavy atom. The van der Waals surface area contributed by atoms with E-state index in [1.54, 1.807) is 24.3 Å². The van der Waals surface area contributed by atoms with Crippen LogP contribution in [0.25, 0.3) is 22.3 Å². The van der Waals surface area contributed by atoms with E-state index in [1.807, 2.05) is 31.2 Å². The van der Waals surface area contributed by atoms with Crippen LogP contribution in [0.1, 0.15) is 19.1 Å². The van der Waals surface area contributed by atoms with Crippen molar-refractivity contribution in [1.29, 1.82) is 0 Å². The number of amides is 1. The average Bonchev–Trinajstić information content (AvgIpc) is 3.26. The lowest BCUT2D eigenvalue weighted by Gasteiger charge is -2.08. The van der Waals surface area contributed by atoms with E-state index in [9.17, 15) is 9.59 Å². The number of carbonyl (C=O) groups is 1. The lowest BCUT2D eigenvalue weighted by molar-refractivity contribution is -0.116. The number of benzene rings is 2. The molecule has 0 fully saturated rings. The first-order chi connectivity index (χ1) is 15.6. The zero-order valence-corrected chi connectivity index (χ0v) is 17.7. The minimum absolute atomic E-state index is 0.160. The highest BCUT2D eigenvalue weighted by molar-refractivity contribution is 5.93. The second-order valence-corrected chi connectivity index (χ2v) is 7.03. The first-order valence-corrected chi connectivity index (χ1v) is 10.2. The van der Waals surface area contributed by atoms with Crippen LogP contribution in [0, 0.1) is 0 Å². The predicted molar refractivity (Wildman–Crippen MR) is 119 cm³/mol. The Morgan fingerprint density at radius 1 is 1.09 bits per heavy atom. The summed E-state index contributed by atoms with van der Waals surface area (Å²) in [6.45, 7) is 2.49. The smallest absolute Gasteiger partial charge is 0.254 e. The van der Waals surface area contributed by atoms with E-state index in [-0.39, 0.29) is 17.8 Å². The average molecular weight is 434 g/mol. The Bertz CT molecular complexity index is 1290. The van der Waals surface area contributed by atoms with Crippen molar-refractivity contribution >= 4 is 22.6 Å². The highest BCUT2D eigenvalue weighted by Gasteiger charge is 2.11. The summed E-state index contributed by atoms with van der Waals surface area (Å²) in [7, 11) is 1.49. The molecule has 0 aliphatic carbocycles. The lowest BCUT2D eigenvalue weighted by atomic mass is 10.1. The van der Waals surface area contributed by atoms with Crippen LogP contribution in [-0.4, -0.2) is 24.8 Å². The fourth-order valence-corrected chi connectivity index (χ4v) is 3.23. The zero-order valence-electron chi connectivity index (χ0n) is 17.7. The van der Waals surface area contributed by atoms with Gasteiger partial charge in [0.25, 0.3) is 5.88 Å². The molecule has 1 N–H and O–H groups in total. The highest BCUT2D eigenvalue weighted by Crippen LogP contribution is 2.26. The fourth-order valence-electron chi connectivity index (χ4n) is 3.23. The lowest BCUT2D eigenvalue weighted by Crippen LogP contribution is -2.12. The normalized spacial score (nSPS) is 10.8. The Kier molecular flexibility index (Phi) is 6.21. The number of anilines is 1. The third kappa shape index (κ3) is 4.80. The summed E-state index contributed by atoms with van der Waals surface area (Å²) in [4.78, 5) is 24.9. The monoisotopic (exact) mass is 434 g/mol. The second-order valence-electron chi connectivity index (χ2n) is 7.03. The molecule has 0 saturated carbocycles. The van der Waals surface area contributed by atoms with Crippen LogP contribution >= 0.6 is 0 Å². The van der Waals surface area contributed by atoms with Gasteiger partial charge in [-0.2, -0.15) is 0 Å². The van der Waals surface area contributed by atoms with Gasteiger partial charge in [-0.15, -0.1) is 0 Å². The molecule has 0 radical (unpaired) electrons. The number of carbonyl (C=O) groups excluding carboxylic acids is 1. The van der Waals surface area contributed by atoms with Crippen LogP contribution in [0.15, 0.2) is 68.3 Å². The molecule has 164 valence electrons. The van der Waals surface area contributed by atoms with Gasteiger partial charge in [0.2, 0.25) is 5.91 Å². The number of hydrogen-bond acceptors (Lipinski definition) is 7. The van der Waals surface area contributed by atoms with E-state index in [2.05, 4.69) is 10.5 Å². The molecule has 0 aliphatic rings. The van der Waals surface area contributed by atoms with Crippen LogP contribution in [0.4, 0.5) is 5.69 Å². The Morgan fingerprint density at radius 3 is 2.62 bits per heavy atom. The van der Waals surface area contributed by atoms with E-state index in [1.165, 1.54) is 13.2 Å². The van der Waals surface area contributed by atoms with Gasteiger partial charge in [-0.25, -0.2) is 0 Å². The van der Waals surface area contributed by atoms with Crippen molar-refractivity contribution in [3.8, 4) is 23.0 Å². The molecule has 4 rings (SSSR count). The van der Waals surface area contributed by atoms with Crippen molar-refractivity contribution in [1.82, 2.24) is 5.16 Å². The molecular weight excluding hydrogens is 412 g/mol. The molecule has 0 unspecified atom stereocenters. The Hall–Kier alpha value is -4.07. The number of methoxy groups -OCH3 is 1. The highest BCUT2D eigenvalue weighted by atomic mass is 16.5. The van der Waals surface area contributed by atoms with Gasteiger partial charge in [0, 0.05) is 42.3 Å². The van der Waals surface area contributed by atoms with Crippen LogP contribution in [0.2, 0.25) is 0 Å². The van der Waals surface area contributed by atoms with Crippen molar-refractivity contribution in [2.75, 3.05) is 19.0 Å². The molecule has 0 aliphatic heterocycles. The number of aryl methyl sites for hydroxylation is 1. The van der Waals surface area contributed by atoms with E-state index in [0.29, 0.717) is 47.1 Å². The molecule has 2 aromatic heterocycles. The maximum Gasteiger partial charge on any atom is 0.254 e. The molecule has 8 heteroatoms. The van der Waals surface area contributed by atoms with Crippen molar-refractivity contribution < 1.29 is 23.2 Å². The van der Waals surface area contributed by atoms with E-state index in [0.717, 1.165) is 11.3 Å². The van der Waals surface area contributed by atoms with E-state index < -0.39 is 0 Å². The molecule has 0 atom stereocenters. The number of hydrogen-bond donors (Lipinski definition) is 1. The Balaban J connectivity index is 1.50. The van der Waals surface area contributed by atoms with Gasteiger partial charge in [0.1, 0.15) is 22.9 Å². The van der Waals surface area contributed by atoms with E-state index >= 15 is 0 Å².